The molecule has 0 bridgehead atoms. The second-order valence-corrected chi connectivity index (χ2v) is 5.72. The molecule has 0 aliphatic heterocycles. The fraction of sp³-hybridized carbons (Fsp3) is 0.615. The summed E-state index contributed by atoms with van der Waals surface area (Å²) >= 11 is 0. The molecule has 0 saturated heterocycles. The van der Waals surface area contributed by atoms with Gasteiger partial charge in [-0.2, -0.15) is 5.10 Å². The van der Waals surface area contributed by atoms with E-state index in [1.54, 1.807) is 0 Å². The maximum absolute atomic E-state index is 4.25. The first-order valence-corrected chi connectivity index (χ1v) is 6.61. The third kappa shape index (κ3) is 4.17. The molecule has 0 unspecified atom stereocenters. The third-order valence-electron chi connectivity index (χ3n) is 2.74. The minimum Gasteiger partial charge on any atom is -0.306 e. The molecular formula is C13H22N6. The van der Waals surface area contributed by atoms with Crippen molar-refractivity contribution >= 4 is 0 Å². The van der Waals surface area contributed by atoms with Crippen LogP contribution < -0.4 is 5.32 Å². The first-order chi connectivity index (χ1) is 8.96. The second-order valence-electron chi connectivity index (χ2n) is 5.72. The molecule has 2 aromatic rings. The number of aromatic nitrogens is 5. The van der Waals surface area contributed by atoms with Gasteiger partial charge in [-0.3, -0.25) is 4.68 Å². The summed E-state index contributed by atoms with van der Waals surface area (Å²) < 4.78 is 3.75. The normalized spacial score (nSPS) is 12.0. The van der Waals surface area contributed by atoms with Gasteiger partial charge in [0.25, 0.3) is 0 Å². The molecule has 6 heteroatoms. The average molecular weight is 262 g/mol. The van der Waals surface area contributed by atoms with E-state index in [9.17, 15) is 0 Å². The van der Waals surface area contributed by atoms with Gasteiger partial charge in [-0.15, -0.1) is 5.10 Å². The van der Waals surface area contributed by atoms with E-state index >= 15 is 0 Å². The van der Waals surface area contributed by atoms with Gasteiger partial charge in [0.05, 0.1) is 24.6 Å². The Morgan fingerprint density at radius 3 is 2.63 bits per heavy atom. The molecule has 1 N–H and O–H groups in total. The summed E-state index contributed by atoms with van der Waals surface area (Å²) in [6.45, 7) is 10.8. The highest BCUT2D eigenvalue weighted by atomic mass is 15.4. The molecule has 0 aromatic carbocycles. The fourth-order valence-corrected chi connectivity index (χ4v) is 1.70. The zero-order valence-corrected chi connectivity index (χ0v) is 12.1. The minimum absolute atomic E-state index is 0.0893. The van der Waals surface area contributed by atoms with E-state index < -0.39 is 0 Å². The van der Waals surface area contributed by atoms with Crippen molar-refractivity contribution in [2.75, 3.05) is 0 Å². The van der Waals surface area contributed by atoms with Gasteiger partial charge in [-0.25, -0.2) is 4.68 Å². The van der Waals surface area contributed by atoms with E-state index in [4.69, 9.17) is 0 Å². The van der Waals surface area contributed by atoms with Crippen molar-refractivity contribution in [1.29, 1.82) is 0 Å². The first kappa shape index (κ1) is 13.7. The molecule has 0 amide bonds. The molecule has 0 aliphatic rings. The summed E-state index contributed by atoms with van der Waals surface area (Å²) in [4.78, 5) is 0. The molecule has 2 aromatic heterocycles. The van der Waals surface area contributed by atoms with E-state index in [1.165, 1.54) is 0 Å². The van der Waals surface area contributed by atoms with Crippen LogP contribution in [0.5, 0.6) is 0 Å². The number of nitrogens with zero attached hydrogens (tertiary/aromatic N) is 5. The van der Waals surface area contributed by atoms with E-state index in [2.05, 4.69) is 48.4 Å². The summed E-state index contributed by atoms with van der Waals surface area (Å²) in [6, 6.07) is 0. The molecule has 0 spiro atoms. The van der Waals surface area contributed by atoms with Crippen LogP contribution in [0, 0.1) is 0 Å². The quantitative estimate of drug-likeness (QED) is 0.885. The number of hydrogen-bond donors (Lipinski definition) is 1. The molecule has 0 aliphatic carbocycles. The number of hydrogen-bond acceptors (Lipinski definition) is 4. The van der Waals surface area contributed by atoms with Crippen LogP contribution in [-0.2, 0) is 19.6 Å². The van der Waals surface area contributed by atoms with Gasteiger partial charge >= 0.3 is 0 Å². The Morgan fingerprint density at radius 2 is 2.00 bits per heavy atom. The summed E-state index contributed by atoms with van der Waals surface area (Å²) in [7, 11) is 0. The van der Waals surface area contributed by atoms with Gasteiger partial charge in [-0.1, -0.05) is 5.21 Å². The van der Waals surface area contributed by atoms with Crippen molar-refractivity contribution < 1.29 is 0 Å². The summed E-state index contributed by atoms with van der Waals surface area (Å²) in [5.74, 6) is 0. The SMILES string of the molecule is CCn1cc(Cn2cc(CNC(C)(C)C)nn2)cn1. The Morgan fingerprint density at radius 1 is 1.21 bits per heavy atom. The van der Waals surface area contributed by atoms with Crippen molar-refractivity contribution in [2.24, 2.45) is 0 Å². The summed E-state index contributed by atoms with van der Waals surface area (Å²) in [6.07, 6.45) is 5.88. The van der Waals surface area contributed by atoms with Crippen LogP contribution in [0.3, 0.4) is 0 Å². The molecule has 0 atom stereocenters. The Labute approximate surface area is 113 Å². The minimum atomic E-state index is 0.0893. The van der Waals surface area contributed by atoms with E-state index in [1.807, 2.05) is 28.0 Å². The van der Waals surface area contributed by atoms with Crippen LogP contribution in [0.15, 0.2) is 18.6 Å². The third-order valence-corrected chi connectivity index (χ3v) is 2.74. The first-order valence-electron chi connectivity index (χ1n) is 6.61. The monoisotopic (exact) mass is 262 g/mol. The Hall–Kier alpha value is -1.69. The molecule has 2 rings (SSSR count). The average Bonchev–Trinajstić information content (AvgIpc) is 2.95. The Kier molecular flexibility index (Phi) is 3.99. The topological polar surface area (TPSA) is 60.6 Å². The molecule has 2 heterocycles. The molecular weight excluding hydrogens is 240 g/mol. The molecule has 0 fully saturated rings. The Balaban J connectivity index is 1.93. The maximum atomic E-state index is 4.25. The molecule has 0 radical (unpaired) electrons. The van der Waals surface area contributed by atoms with Crippen LogP contribution in [0.25, 0.3) is 0 Å². The van der Waals surface area contributed by atoms with E-state index in [-0.39, 0.29) is 5.54 Å². The Bertz CT molecular complexity index is 519. The number of rotatable bonds is 5. The maximum Gasteiger partial charge on any atom is 0.0965 e. The number of aryl methyl sites for hydroxylation is 1. The molecule has 6 nitrogen and oxygen atoms in total. The van der Waals surface area contributed by atoms with Crippen LogP contribution in [-0.4, -0.2) is 30.3 Å². The molecule has 0 saturated carbocycles. The highest BCUT2D eigenvalue weighted by Gasteiger charge is 2.10. The zero-order valence-electron chi connectivity index (χ0n) is 12.1. The van der Waals surface area contributed by atoms with Crippen LogP contribution in [0.1, 0.15) is 39.0 Å². The molecule has 19 heavy (non-hydrogen) atoms. The lowest BCUT2D eigenvalue weighted by atomic mass is 10.1. The van der Waals surface area contributed by atoms with Gasteiger partial charge in [0.2, 0.25) is 0 Å². The van der Waals surface area contributed by atoms with Crippen molar-refractivity contribution in [3.63, 3.8) is 0 Å². The summed E-state index contributed by atoms with van der Waals surface area (Å²) in [5.41, 5.74) is 2.19. The highest BCUT2D eigenvalue weighted by Crippen LogP contribution is 2.04. The van der Waals surface area contributed by atoms with Crippen LogP contribution in [0.2, 0.25) is 0 Å². The lowest BCUT2D eigenvalue weighted by Gasteiger charge is -2.19. The lowest BCUT2D eigenvalue weighted by molar-refractivity contribution is 0.421. The predicted octanol–water partition coefficient (Wildman–Crippen LogP) is 1.43. The van der Waals surface area contributed by atoms with Crippen molar-refractivity contribution in [3.05, 3.63) is 29.8 Å². The second kappa shape index (κ2) is 5.52. The highest BCUT2D eigenvalue weighted by molar-refractivity contribution is 5.05. The van der Waals surface area contributed by atoms with Crippen molar-refractivity contribution in [1.82, 2.24) is 30.1 Å². The van der Waals surface area contributed by atoms with Crippen LogP contribution >= 0.6 is 0 Å². The van der Waals surface area contributed by atoms with Crippen molar-refractivity contribution in [3.8, 4) is 0 Å². The van der Waals surface area contributed by atoms with E-state index in [0.717, 1.165) is 24.3 Å². The molecule has 104 valence electrons. The number of nitrogens with one attached hydrogen (secondary N) is 1. The van der Waals surface area contributed by atoms with Crippen LogP contribution in [0.4, 0.5) is 0 Å². The van der Waals surface area contributed by atoms with Gasteiger partial charge in [0.15, 0.2) is 0 Å². The largest absolute Gasteiger partial charge is 0.306 e. The summed E-state index contributed by atoms with van der Waals surface area (Å²) in [5, 5.41) is 15.9. The van der Waals surface area contributed by atoms with Gasteiger partial charge in [0.1, 0.15) is 0 Å². The van der Waals surface area contributed by atoms with Gasteiger partial charge in [-0.05, 0) is 27.7 Å². The zero-order chi connectivity index (χ0) is 13.9. The van der Waals surface area contributed by atoms with Crippen molar-refractivity contribution in [2.45, 2.75) is 52.9 Å². The fourth-order valence-electron chi connectivity index (χ4n) is 1.70. The van der Waals surface area contributed by atoms with Gasteiger partial charge in [0, 0.05) is 30.4 Å². The smallest absolute Gasteiger partial charge is 0.0965 e. The van der Waals surface area contributed by atoms with Gasteiger partial charge < -0.3 is 5.32 Å². The predicted molar refractivity (Wildman–Crippen MR) is 73.6 cm³/mol. The standard InChI is InChI=1S/C13H22N6/c1-5-18-8-11(6-15-18)9-19-10-12(16-17-19)7-14-13(2,3)4/h6,8,10,14H,5,7,9H2,1-4H3. The lowest BCUT2D eigenvalue weighted by Crippen LogP contribution is -2.35. The van der Waals surface area contributed by atoms with E-state index in [0.29, 0.717) is 6.54 Å².